The van der Waals surface area contributed by atoms with Crippen molar-refractivity contribution in [3.05, 3.63) is 23.8 Å². The first kappa shape index (κ1) is 10.4. The summed E-state index contributed by atoms with van der Waals surface area (Å²) in [6, 6.07) is 7.56. The number of hydrogen-bond donors (Lipinski definition) is 0. The topological polar surface area (TPSA) is 42.2 Å². The normalized spacial score (nSPS) is 12.9. The van der Waals surface area contributed by atoms with Gasteiger partial charge in [0.2, 0.25) is 0 Å². The maximum atomic E-state index is 8.38. The molecule has 0 fully saturated rings. The zero-order chi connectivity index (χ0) is 11.2. The van der Waals surface area contributed by atoms with Crippen LogP contribution in [0.25, 0.3) is 0 Å². The van der Waals surface area contributed by atoms with Crippen LogP contribution in [-0.2, 0) is 0 Å². The van der Waals surface area contributed by atoms with Gasteiger partial charge in [0.1, 0.15) is 0 Å². The first-order chi connectivity index (χ1) is 7.90. The Hall–Kier alpha value is -2.13. The van der Waals surface area contributed by atoms with Gasteiger partial charge in [0.25, 0.3) is 0 Å². The van der Waals surface area contributed by atoms with E-state index in [1.54, 1.807) is 0 Å². The largest absolute Gasteiger partial charge is 0.490 e. The summed E-state index contributed by atoms with van der Waals surface area (Å²) in [7, 11) is 0. The maximum Gasteiger partial charge on any atom is 0.162 e. The van der Waals surface area contributed by atoms with Crippen molar-refractivity contribution in [1.29, 1.82) is 5.26 Å². The lowest BCUT2D eigenvalue weighted by molar-refractivity contribution is 0.297. The number of nitriles is 1. The number of benzene rings is 1. The van der Waals surface area contributed by atoms with Crippen molar-refractivity contribution >= 4 is 0 Å². The van der Waals surface area contributed by atoms with Crippen molar-refractivity contribution in [3.63, 3.8) is 0 Å². The van der Waals surface area contributed by atoms with Crippen molar-refractivity contribution in [3.8, 4) is 29.4 Å². The molecule has 1 aromatic rings. The molecule has 0 saturated heterocycles. The van der Waals surface area contributed by atoms with Crippen LogP contribution in [0.1, 0.15) is 18.4 Å². The number of fused-ring (bicyclic) bond motifs is 1. The molecule has 1 heterocycles. The lowest BCUT2D eigenvalue weighted by Gasteiger charge is -2.06. The summed E-state index contributed by atoms with van der Waals surface area (Å²) in [6.45, 7) is 1.36. The molecule has 0 spiro atoms. The van der Waals surface area contributed by atoms with E-state index in [-0.39, 0.29) is 6.42 Å². The van der Waals surface area contributed by atoms with Crippen LogP contribution in [-0.4, -0.2) is 13.2 Å². The molecule has 0 aromatic heterocycles. The van der Waals surface area contributed by atoms with E-state index < -0.39 is 0 Å². The second-order valence-electron chi connectivity index (χ2n) is 3.35. The highest BCUT2D eigenvalue weighted by atomic mass is 16.5. The lowest BCUT2D eigenvalue weighted by atomic mass is 10.2. The molecule has 3 heteroatoms. The second-order valence-corrected chi connectivity index (χ2v) is 3.35. The Morgan fingerprint density at radius 3 is 2.81 bits per heavy atom. The summed E-state index contributed by atoms with van der Waals surface area (Å²) < 4.78 is 11.0. The van der Waals surface area contributed by atoms with E-state index in [4.69, 9.17) is 14.7 Å². The average Bonchev–Trinajstić information content (AvgIpc) is 2.54. The van der Waals surface area contributed by atoms with Crippen molar-refractivity contribution < 1.29 is 9.47 Å². The highest BCUT2D eigenvalue weighted by Gasteiger charge is 2.09. The highest BCUT2D eigenvalue weighted by molar-refractivity contribution is 5.48. The summed E-state index contributed by atoms with van der Waals surface area (Å²) in [4.78, 5) is 0. The summed E-state index contributed by atoms with van der Waals surface area (Å²) in [6.07, 6.45) is 1.14. The minimum atomic E-state index is 0.244. The van der Waals surface area contributed by atoms with Gasteiger partial charge in [-0.1, -0.05) is 11.8 Å². The Morgan fingerprint density at radius 1 is 1.19 bits per heavy atom. The Bertz CT molecular complexity index is 477. The molecular formula is C13H11NO2. The van der Waals surface area contributed by atoms with Crippen molar-refractivity contribution in [1.82, 2.24) is 0 Å². The molecule has 3 nitrogen and oxygen atoms in total. The maximum absolute atomic E-state index is 8.38. The molecule has 1 aliphatic rings. The fraction of sp³-hybridized carbons (Fsp3) is 0.308. The van der Waals surface area contributed by atoms with Gasteiger partial charge in [-0.3, -0.25) is 0 Å². The van der Waals surface area contributed by atoms with E-state index in [1.807, 2.05) is 24.3 Å². The number of rotatable bonds is 0. The predicted molar refractivity (Wildman–Crippen MR) is 59.2 cm³/mol. The van der Waals surface area contributed by atoms with Crippen molar-refractivity contribution in [2.24, 2.45) is 0 Å². The molecule has 1 aliphatic heterocycles. The molecule has 0 bridgehead atoms. The van der Waals surface area contributed by atoms with E-state index >= 15 is 0 Å². The van der Waals surface area contributed by atoms with Crippen LogP contribution < -0.4 is 9.47 Å². The fourth-order valence-electron chi connectivity index (χ4n) is 1.43. The van der Waals surface area contributed by atoms with Gasteiger partial charge in [-0.05, 0) is 18.2 Å². The third-order valence-electron chi connectivity index (χ3n) is 2.15. The molecule has 0 unspecified atom stereocenters. The first-order valence-electron chi connectivity index (χ1n) is 5.15. The number of hydrogen-bond acceptors (Lipinski definition) is 3. The summed E-state index contributed by atoms with van der Waals surface area (Å²) in [5.74, 6) is 7.18. The molecule has 0 N–H and O–H groups in total. The number of nitrogens with zero attached hydrogens (tertiary/aromatic N) is 1. The molecule has 16 heavy (non-hydrogen) atoms. The summed E-state index contributed by atoms with van der Waals surface area (Å²) >= 11 is 0. The van der Waals surface area contributed by atoms with Crippen LogP contribution in [0.4, 0.5) is 0 Å². The van der Waals surface area contributed by atoms with Gasteiger partial charge < -0.3 is 9.47 Å². The molecule has 0 saturated carbocycles. The third-order valence-corrected chi connectivity index (χ3v) is 2.15. The van der Waals surface area contributed by atoms with Gasteiger partial charge in [0, 0.05) is 12.0 Å². The SMILES string of the molecule is N#CCC#Cc1ccc2c(c1)OCCCO2. The smallest absolute Gasteiger partial charge is 0.162 e. The molecule has 0 radical (unpaired) electrons. The van der Waals surface area contributed by atoms with Gasteiger partial charge in [-0.2, -0.15) is 5.26 Å². The van der Waals surface area contributed by atoms with E-state index in [0.717, 1.165) is 23.5 Å². The Balaban J connectivity index is 2.22. The molecule has 2 rings (SSSR count). The van der Waals surface area contributed by atoms with Crippen LogP contribution in [0.5, 0.6) is 11.5 Å². The number of ether oxygens (including phenoxy) is 2. The van der Waals surface area contributed by atoms with E-state index in [2.05, 4.69) is 11.8 Å². The van der Waals surface area contributed by atoms with Gasteiger partial charge in [0.15, 0.2) is 11.5 Å². The molecule has 1 aromatic carbocycles. The third kappa shape index (κ3) is 2.46. The minimum absolute atomic E-state index is 0.244. The minimum Gasteiger partial charge on any atom is -0.490 e. The lowest BCUT2D eigenvalue weighted by Crippen LogP contribution is -1.97. The van der Waals surface area contributed by atoms with Gasteiger partial charge >= 0.3 is 0 Å². The Labute approximate surface area is 94.6 Å². The molecule has 80 valence electrons. The molecule has 0 amide bonds. The predicted octanol–water partition coefficient (Wildman–Crippen LogP) is 2.11. The zero-order valence-electron chi connectivity index (χ0n) is 8.82. The van der Waals surface area contributed by atoms with Crippen LogP contribution >= 0.6 is 0 Å². The van der Waals surface area contributed by atoms with Gasteiger partial charge in [-0.25, -0.2) is 0 Å². The van der Waals surface area contributed by atoms with Crippen LogP contribution in [0.3, 0.4) is 0 Å². The standard InChI is InChI=1S/C13H11NO2/c14-7-2-1-4-11-5-6-12-13(10-11)16-9-3-8-15-12/h5-6,10H,2-3,8-9H2. The Kier molecular flexibility index (Phi) is 3.31. The quantitative estimate of drug-likeness (QED) is 0.620. The van der Waals surface area contributed by atoms with Gasteiger partial charge in [-0.15, -0.1) is 0 Å². The van der Waals surface area contributed by atoms with Crippen molar-refractivity contribution in [2.75, 3.05) is 13.2 Å². The Morgan fingerprint density at radius 2 is 2.00 bits per heavy atom. The monoisotopic (exact) mass is 213 g/mol. The van der Waals surface area contributed by atoms with E-state index in [0.29, 0.717) is 13.2 Å². The van der Waals surface area contributed by atoms with E-state index in [9.17, 15) is 0 Å². The first-order valence-corrected chi connectivity index (χ1v) is 5.15. The van der Waals surface area contributed by atoms with E-state index in [1.165, 1.54) is 0 Å². The average molecular weight is 213 g/mol. The van der Waals surface area contributed by atoms with Crippen LogP contribution in [0.2, 0.25) is 0 Å². The molecular weight excluding hydrogens is 202 g/mol. The fourth-order valence-corrected chi connectivity index (χ4v) is 1.43. The molecule has 0 aliphatic carbocycles. The summed E-state index contributed by atoms with van der Waals surface area (Å²) in [5.41, 5.74) is 0.847. The summed E-state index contributed by atoms with van der Waals surface area (Å²) in [5, 5.41) is 8.38. The highest BCUT2D eigenvalue weighted by Crippen LogP contribution is 2.29. The second kappa shape index (κ2) is 5.09. The zero-order valence-corrected chi connectivity index (χ0v) is 8.82. The van der Waals surface area contributed by atoms with Crippen molar-refractivity contribution in [2.45, 2.75) is 12.8 Å². The molecule has 0 atom stereocenters. The van der Waals surface area contributed by atoms with Gasteiger partial charge in [0.05, 0.1) is 25.7 Å². The van der Waals surface area contributed by atoms with Crippen LogP contribution in [0.15, 0.2) is 18.2 Å². The van der Waals surface area contributed by atoms with Crippen LogP contribution in [0, 0.1) is 23.2 Å².